The number of nitrogens with zero attached hydrogens (tertiary/aromatic N) is 2. The number of hydrogen-bond acceptors (Lipinski definition) is 5. The van der Waals surface area contributed by atoms with Gasteiger partial charge in [0.2, 0.25) is 0 Å². The summed E-state index contributed by atoms with van der Waals surface area (Å²) in [5, 5.41) is 3.66. The number of rotatable bonds is 2. The maximum Gasteiger partial charge on any atom is 0.184 e. The van der Waals surface area contributed by atoms with Gasteiger partial charge in [0, 0.05) is 27.9 Å². The van der Waals surface area contributed by atoms with Gasteiger partial charge in [-0.15, -0.1) is 11.3 Å². The number of Topliss-reactive ketones (excluding diaryl/α,β-unsaturated/α-hetero) is 1. The highest BCUT2D eigenvalue weighted by Gasteiger charge is 2.39. The number of anilines is 1. The van der Waals surface area contributed by atoms with Crippen LogP contribution in [0.15, 0.2) is 65.2 Å². The Morgan fingerprint density at radius 1 is 1.08 bits per heavy atom. The number of nitrogens with one attached hydrogen (secondary N) is 1. The van der Waals surface area contributed by atoms with E-state index in [2.05, 4.69) is 34.6 Å². The van der Waals surface area contributed by atoms with Crippen molar-refractivity contribution in [1.82, 2.24) is 4.98 Å². The van der Waals surface area contributed by atoms with Crippen LogP contribution in [0.3, 0.4) is 0 Å². The predicted molar refractivity (Wildman–Crippen MR) is 99.8 cm³/mol. The first kappa shape index (κ1) is 14.5. The number of benzene rings is 2. The predicted octanol–water partition coefficient (Wildman–Crippen LogP) is 4.08. The van der Waals surface area contributed by atoms with Gasteiger partial charge in [-0.25, -0.2) is 0 Å². The molecular weight excluding hydrogens is 330 g/mol. The minimum atomic E-state index is 0.0525. The highest BCUT2D eigenvalue weighted by molar-refractivity contribution is 7.09. The molecule has 0 saturated heterocycles. The molecule has 1 N–H and O–H groups in total. The van der Waals surface area contributed by atoms with Gasteiger partial charge in [-0.3, -0.25) is 14.8 Å². The third-order valence-electron chi connectivity index (χ3n) is 4.87. The Morgan fingerprint density at radius 3 is 2.76 bits per heavy atom. The van der Waals surface area contributed by atoms with E-state index in [1.54, 1.807) is 11.3 Å². The van der Waals surface area contributed by atoms with Gasteiger partial charge in [-0.1, -0.05) is 42.5 Å². The molecule has 5 heteroatoms. The molecule has 0 aliphatic carbocycles. The number of aromatic nitrogens is 1. The normalized spacial score (nSPS) is 21.3. The lowest BCUT2D eigenvalue weighted by molar-refractivity contribution is 0.1000. The van der Waals surface area contributed by atoms with Crippen LogP contribution in [0, 0.1) is 0 Å². The average molecular weight is 345 g/mol. The summed E-state index contributed by atoms with van der Waals surface area (Å²) in [5.74, 6) is 0.139. The molecule has 0 fully saturated rings. The van der Waals surface area contributed by atoms with Gasteiger partial charge < -0.3 is 5.32 Å². The quantitative estimate of drug-likeness (QED) is 0.761. The Bertz CT molecular complexity index is 979. The van der Waals surface area contributed by atoms with Gasteiger partial charge in [-0.05, 0) is 11.6 Å². The summed E-state index contributed by atoms with van der Waals surface area (Å²) in [6.07, 6.45) is 1.92. The van der Waals surface area contributed by atoms with Crippen LogP contribution in [0.25, 0.3) is 0 Å². The number of thiazole rings is 1. The Morgan fingerprint density at radius 2 is 1.96 bits per heavy atom. The molecule has 4 nitrogen and oxygen atoms in total. The first-order valence-electron chi connectivity index (χ1n) is 8.24. The summed E-state index contributed by atoms with van der Waals surface area (Å²) in [7, 11) is 0. The topological polar surface area (TPSA) is 54.4 Å². The molecule has 1 aromatic heterocycles. The summed E-state index contributed by atoms with van der Waals surface area (Å²) in [4.78, 5) is 22.5. The number of carbonyl (C=O) groups excluding carboxylic acids is 1. The van der Waals surface area contributed by atoms with Gasteiger partial charge in [-0.2, -0.15) is 0 Å². The number of aliphatic imine (C=N–C) groups is 1. The second-order valence-corrected chi connectivity index (χ2v) is 7.18. The van der Waals surface area contributed by atoms with Crippen molar-refractivity contribution in [2.75, 3.05) is 11.9 Å². The van der Waals surface area contributed by atoms with Crippen molar-refractivity contribution in [3.63, 3.8) is 0 Å². The maximum absolute atomic E-state index is 12.3. The molecule has 0 spiro atoms. The fourth-order valence-electron chi connectivity index (χ4n) is 3.78. The van der Waals surface area contributed by atoms with E-state index >= 15 is 0 Å². The van der Waals surface area contributed by atoms with Gasteiger partial charge >= 0.3 is 0 Å². The highest BCUT2D eigenvalue weighted by atomic mass is 32.1. The zero-order valence-corrected chi connectivity index (χ0v) is 14.2. The molecular formula is C20H15N3OS. The van der Waals surface area contributed by atoms with E-state index < -0.39 is 0 Å². The average Bonchev–Trinajstić information content (AvgIpc) is 3.19. The summed E-state index contributed by atoms with van der Waals surface area (Å²) < 4.78 is 0. The monoisotopic (exact) mass is 345 g/mol. The first-order chi connectivity index (χ1) is 12.3. The van der Waals surface area contributed by atoms with Crippen LogP contribution in [-0.2, 0) is 0 Å². The molecule has 2 aliphatic rings. The summed E-state index contributed by atoms with van der Waals surface area (Å²) >= 11 is 1.64. The van der Waals surface area contributed by atoms with Crippen molar-refractivity contribution >= 4 is 28.5 Å². The fraction of sp³-hybridized carbons (Fsp3) is 0.150. The second-order valence-electron chi connectivity index (χ2n) is 6.27. The van der Waals surface area contributed by atoms with Gasteiger partial charge in [0.25, 0.3) is 0 Å². The Kier molecular flexibility index (Phi) is 3.28. The largest absolute Gasteiger partial charge is 0.377 e. The fourth-order valence-corrected chi connectivity index (χ4v) is 4.54. The summed E-state index contributed by atoms with van der Waals surface area (Å²) in [5.41, 5.74) is 6.78. The van der Waals surface area contributed by atoms with E-state index in [0.29, 0.717) is 0 Å². The minimum Gasteiger partial charge on any atom is -0.377 e. The minimum absolute atomic E-state index is 0.0525. The first-order valence-corrected chi connectivity index (χ1v) is 9.11. The third-order valence-corrected chi connectivity index (χ3v) is 5.73. The molecule has 0 amide bonds. The standard InChI is InChI=1S/C20H15N3OS/c24-15-9-22-20-17-13(15)7-4-8-14(17)23-19(12-5-2-1-3-6-12)18(20)16-10-21-11-25-16/h1-8,10-11,18-19,23H,9H2. The molecule has 2 unspecified atom stereocenters. The van der Waals surface area contributed by atoms with Gasteiger partial charge in [0.05, 0.1) is 23.2 Å². The molecule has 122 valence electrons. The molecule has 3 aromatic rings. The molecule has 2 atom stereocenters. The smallest absolute Gasteiger partial charge is 0.184 e. The second kappa shape index (κ2) is 5.63. The molecule has 3 heterocycles. The Labute approximate surface area is 149 Å². The van der Waals surface area contributed by atoms with Crippen molar-refractivity contribution in [2.45, 2.75) is 12.0 Å². The zero-order chi connectivity index (χ0) is 16.8. The van der Waals surface area contributed by atoms with E-state index in [1.807, 2.05) is 36.0 Å². The number of hydrogen-bond donors (Lipinski definition) is 1. The molecule has 5 rings (SSSR count). The lowest BCUT2D eigenvalue weighted by Crippen LogP contribution is -2.35. The summed E-state index contributed by atoms with van der Waals surface area (Å²) in [6.45, 7) is 0.225. The van der Waals surface area contributed by atoms with Gasteiger partial charge in [0.1, 0.15) is 6.54 Å². The van der Waals surface area contributed by atoms with Crippen LogP contribution in [0.4, 0.5) is 5.69 Å². The zero-order valence-electron chi connectivity index (χ0n) is 13.3. The van der Waals surface area contributed by atoms with Crippen molar-refractivity contribution in [2.24, 2.45) is 4.99 Å². The van der Waals surface area contributed by atoms with Crippen LogP contribution in [0.1, 0.15) is 38.3 Å². The molecule has 2 aliphatic heterocycles. The molecule has 2 aromatic carbocycles. The molecule has 0 radical (unpaired) electrons. The van der Waals surface area contributed by atoms with Crippen molar-refractivity contribution in [1.29, 1.82) is 0 Å². The van der Waals surface area contributed by atoms with Crippen LogP contribution < -0.4 is 5.32 Å². The van der Waals surface area contributed by atoms with Crippen LogP contribution in [0.5, 0.6) is 0 Å². The molecule has 0 saturated carbocycles. The Hall–Kier alpha value is -2.79. The highest BCUT2D eigenvalue weighted by Crippen LogP contribution is 2.45. The number of ketones is 1. The third kappa shape index (κ3) is 2.23. The van der Waals surface area contributed by atoms with Crippen molar-refractivity contribution in [3.05, 3.63) is 81.8 Å². The number of carbonyl (C=O) groups is 1. The maximum atomic E-state index is 12.3. The van der Waals surface area contributed by atoms with E-state index in [4.69, 9.17) is 4.99 Å². The van der Waals surface area contributed by atoms with Crippen molar-refractivity contribution < 1.29 is 4.79 Å². The lowest BCUT2D eigenvalue weighted by Gasteiger charge is -2.37. The van der Waals surface area contributed by atoms with E-state index in [-0.39, 0.29) is 24.3 Å². The lowest BCUT2D eigenvalue weighted by atomic mass is 9.78. The van der Waals surface area contributed by atoms with E-state index in [9.17, 15) is 4.79 Å². The van der Waals surface area contributed by atoms with Crippen molar-refractivity contribution in [3.8, 4) is 0 Å². The molecule has 25 heavy (non-hydrogen) atoms. The SMILES string of the molecule is O=C1CN=C2c3c(cccc31)NC(c1ccccc1)C2c1cncs1. The van der Waals surface area contributed by atoms with E-state index in [1.165, 1.54) is 5.56 Å². The van der Waals surface area contributed by atoms with Crippen LogP contribution in [-0.4, -0.2) is 23.0 Å². The Balaban J connectivity index is 1.75. The van der Waals surface area contributed by atoms with Crippen LogP contribution >= 0.6 is 11.3 Å². The van der Waals surface area contributed by atoms with Gasteiger partial charge in [0.15, 0.2) is 5.78 Å². The van der Waals surface area contributed by atoms with E-state index in [0.717, 1.165) is 27.4 Å². The summed E-state index contributed by atoms with van der Waals surface area (Å²) in [6, 6.07) is 16.3. The van der Waals surface area contributed by atoms with Crippen LogP contribution in [0.2, 0.25) is 0 Å². The molecule has 0 bridgehead atoms.